The number of carbonyl (C=O) groups excluding carboxylic acids is 1. The molecule has 1 aromatic carbocycles. The Kier molecular flexibility index (Phi) is 4.28. The summed E-state index contributed by atoms with van der Waals surface area (Å²) in [5, 5.41) is 0. The van der Waals surface area contributed by atoms with E-state index in [1.54, 1.807) is 12.1 Å². The average Bonchev–Trinajstić information content (AvgIpc) is 2.56. The Bertz CT molecular complexity index is 604. The van der Waals surface area contributed by atoms with Crippen molar-refractivity contribution in [3.05, 3.63) is 23.8 Å². The van der Waals surface area contributed by atoms with Crippen LogP contribution in [0, 0.1) is 0 Å². The molecule has 0 spiro atoms. The summed E-state index contributed by atoms with van der Waals surface area (Å²) in [4.78, 5) is 12.3. The van der Waals surface area contributed by atoms with Crippen molar-refractivity contribution in [2.45, 2.75) is 65.3 Å². The molecule has 2 rings (SSSR count). The Morgan fingerprint density at radius 3 is 2.13 bits per heavy atom. The molecule has 1 aliphatic rings. The molecule has 5 nitrogen and oxygen atoms in total. The van der Waals surface area contributed by atoms with Crippen LogP contribution in [0.15, 0.2) is 18.2 Å². The van der Waals surface area contributed by atoms with Gasteiger partial charge in [0.1, 0.15) is 5.60 Å². The number of nitrogens with two attached hydrogens (primary N) is 1. The van der Waals surface area contributed by atoms with E-state index in [9.17, 15) is 4.79 Å². The zero-order chi connectivity index (χ0) is 17.6. The molecule has 2 N–H and O–H groups in total. The highest BCUT2D eigenvalue weighted by molar-refractivity contribution is 6.62. The van der Waals surface area contributed by atoms with E-state index in [4.69, 9.17) is 19.8 Å². The van der Waals surface area contributed by atoms with E-state index in [0.29, 0.717) is 11.3 Å². The van der Waals surface area contributed by atoms with E-state index in [2.05, 4.69) is 0 Å². The van der Waals surface area contributed by atoms with Gasteiger partial charge in [-0.1, -0.05) is 6.07 Å². The van der Waals surface area contributed by atoms with Gasteiger partial charge in [0.15, 0.2) is 0 Å². The summed E-state index contributed by atoms with van der Waals surface area (Å²) in [7, 11) is -0.540. The fraction of sp³-hybridized carbons (Fsp3) is 0.588. The van der Waals surface area contributed by atoms with Gasteiger partial charge >= 0.3 is 13.1 Å². The van der Waals surface area contributed by atoms with Crippen LogP contribution in [0.4, 0.5) is 5.69 Å². The third-order valence-corrected chi connectivity index (χ3v) is 4.22. The molecule has 1 saturated heterocycles. The largest absolute Gasteiger partial charge is 0.494 e. The van der Waals surface area contributed by atoms with E-state index in [-0.39, 0.29) is 0 Å². The number of esters is 1. The molecule has 23 heavy (non-hydrogen) atoms. The Hall–Kier alpha value is -1.53. The highest BCUT2D eigenvalue weighted by atomic mass is 16.7. The third-order valence-electron chi connectivity index (χ3n) is 4.22. The number of hydrogen-bond donors (Lipinski definition) is 1. The summed E-state index contributed by atoms with van der Waals surface area (Å²) in [6.45, 7) is 13.4. The summed E-state index contributed by atoms with van der Waals surface area (Å²) in [5.74, 6) is -0.451. The van der Waals surface area contributed by atoms with Crippen LogP contribution in [0.25, 0.3) is 0 Å². The lowest BCUT2D eigenvalue weighted by atomic mass is 9.78. The lowest BCUT2D eigenvalue weighted by molar-refractivity contribution is 0.00578. The van der Waals surface area contributed by atoms with Gasteiger partial charge in [-0.3, -0.25) is 0 Å². The molecule has 6 heteroatoms. The molecule has 0 bridgehead atoms. The van der Waals surface area contributed by atoms with Gasteiger partial charge in [0.2, 0.25) is 0 Å². The maximum Gasteiger partial charge on any atom is 0.494 e. The van der Waals surface area contributed by atoms with Gasteiger partial charge < -0.3 is 19.8 Å². The van der Waals surface area contributed by atoms with Crippen molar-refractivity contribution in [2.24, 2.45) is 0 Å². The van der Waals surface area contributed by atoms with Crippen LogP contribution in [-0.2, 0) is 14.0 Å². The molecular weight excluding hydrogens is 293 g/mol. The van der Waals surface area contributed by atoms with Crippen LogP contribution < -0.4 is 11.2 Å². The molecule has 1 aromatic rings. The van der Waals surface area contributed by atoms with E-state index in [0.717, 1.165) is 5.46 Å². The van der Waals surface area contributed by atoms with Gasteiger partial charge in [-0.2, -0.15) is 0 Å². The molecule has 0 amide bonds. The standard InChI is InChI=1S/C17H26BNO4/c1-15(2,3)21-14(20)12-10-11(8-9-13(12)19)18-22-16(4,5)17(6,7)23-18/h8-10H,19H2,1-7H3. The zero-order valence-electron chi connectivity index (χ0n) is 15.0. The predicted octanol–water partition coefficient (Wildman–Crippen LogP) is 2.52. The van der Waals surface area contributed by atoms with Crippen LogP contribution in [0.2, 0.25) is 0 Å². The number of hydrogen-bond acceptors (Lipinski definition) is 5. The fourth-order valence-electron chi connectivity index (χ4n) is 2.21. The van der Waals surface area contributed by atoms with E-state index in [1.165, 1.54) is 0 Å². The van der Waals surface area contributed by atoms with Gasteiger partial charge in [0.25, 0.3) is 0 Å². The van der Waals surface area contributed by atoms with Crippen molar-refractivity contribution < 1.29 is 18.8 Å². The lowest BCUT2D eigenvalue weighted by Crippen LogP contribution is -2.41. The summed E-state index contributed by atoms with van der Waals surface area (Å²) in [5.41, 5.74) is 5.92. The average molecular weight is 319 g/mol. The minimum atomic E-state index is -0.579. The highest BCUT2D eigenvalue weighted by Gasteiger charge is 2.51. The van der Waals surface area contributed by atoms with E-state index >= 15 is 0 Å². The maximum absolute atomic E-state index is 12.3. The molecule has 126 valence electrons. The second-order valence-corrected chi connectivity index (χ2v) is 7.94. The first-order chi connectivity index (χ1) is 10.3. The van der Waals surface area contributed by atoms with Gasteiger partial charge in [0, 0.05) is 5.69 Å². The van der Waals surface area contributed by atoms with Crippen molar-refractivity contribution in [3.63, 3.8) is 0 Å². The summed E-state index contributed by atoms with van der Waals surface area (Å²) < 4.78 is 17.4. The van der Waals surface area contributed by atoms with Crippen molar-refractivity contribution >= 4 is 24.2 Å². The monoisotopic (exact) mass is 319 g/mol. The third kappa shape index (κ3) is 3.70. The molecule has 1 aliphatic heterocycles. The molecule has 0 aliphatic carbocycles. The van der Waals surface area contributed by atoms with Crippen LogP contribution in [0.3, 0.4) is 0 Å². The topological polar surface area (TPSA) is 70.8 Å². The Morgan fingerprint density at radius 2 is 1.65 bits per heavy atom. The van der Waals surface area contributed by atoms with Crippen LogP contribution in [-0.4, -0.2) is 29.9 Å². The second-order valence-electron chi connectivity index (χ2n) is 7.94. The van der Waals surface area contributed by atoms with Gasteiger partial charge in [-0.15, -0.1) is 0 Å². The first-order valence-electron chi connectivity index (χ1n) is 7.81. The Balaban J connectivity index is 2.30. The summed E-state index contributed by atoms with van der Waals surface area (Å²) in [6.07, 6.45) is 0. The minimum Gasteiger partial charge on any atom is -0.456 e. The quantitative estimate of drug-likeness (QED) is 0.515. The second kappa shape index (κ2) is 5.53. The van der Waals surface area contributed by atoms with Gasteiger partial charge in [0.05, 0.1) is 16.8 Å². The molecule has 0 saturated carbocycles. The lowest BCUT2D eigenvalue weighted by Gasteiger charge is -2.32. The van der Waals surface area contributed by atoms with E-state index in [1.807, 2.05) is 54.5 Å². The summed E-state index contributed by atoms with van der Waals surface area (Å²) >= 11 is 0. The number of rotatable bonds is 2. The van der Waals surface area contributed by atoms with Crippen molar-refractivity contribution in [2.75, 3.05) is 5.73 Å². The number of carbonyl (C=O) groups is 1. The number of benzene rings is 1. The summed E-state index contributed by atoms with van der Waals surface area (Å²) in [6, 6.07) is 5.18. The molecule has 0 radical (unpaired) electrons. The van der Waals surface area contributed by atoms with Crippen molar-refractivity contribution in [3.8, 4) is 0 Å². The number of ether oxygens (including phenoxy) is 1. The van der Waals surface area contributed by atoms with Crippen LogP contribution in [0.5, 0.6) is 0 Å². The predicted molar refractivity (Wildman–Crippen MR) is 91.7 cm³/mol. The van der Waals surface area contributed by atoms with Crippen molar-refractivity contribution in [1.29, 1.82) is 0 Å². The van der Waals surface area contributed by atoms with Crippen molar-refractivity contribution in [1.82, 2.24) is 0 Å². The smallest absolute Gasteiger partial charge is 0.456 e. The Morgan fingerprint density at radius 1 is 1.13 bits per heavy atom. The minimum absolute atomic E-state index is 0.326. The Labute approximate surface area is 138 Å². The normalized spacial score (nSPS) is 19.7. The molecule has 1 fully saturated rings. The number of nitrogen functional groups attached to an aromatic ring is 1. The highest BCUT2D eigenvalue weighted by Crippen LogP contribution is 2.36. The number of anilines is 1. The fourth-order valence-corrected chi connectivity index (χ4v) is 2.21. The molecule has 1 heterocycles. The van der Waals surface area contributed by atoms with Crippen LogP contribution in [0.1, 0.15) is 58.8 Å². The molecule has 0 atom stereocenters. The molecular formula is C17H26BNO4. The first kappa shape index (κ1) is 17.8. The van der Waals surface area contributed by atoms with Crippen LogP contribution >= 0.6 is 0 Å². The molecule has 0 unspecified atom stereocenters. The SMILES string of the molecule is CC(C)(C)OC(=O)c1cc(B2OC(C)(C)C(C)(C)O2)ccc1N. The van der Waals surface area contributed by atoms with Gasteiger partial charge in [-0.05, 0) is 66.1 Å². The van der Waals surface area contributed by atoms with Gasteiger partial charge in [-0.25, -0.2) is 4.79 Å². The van der Waals surface area contributed by atoms with E-state index < -0.39 is 29.9 Å². The zero-order valence-corrected chi connectivity index (χ0v) is 15.0. The maximum atomic E-state index is 12.3. The first-order valence-corrected chi connectivity index (χ1v) is 7.81. The molecule has 0 aromatic heterocycles.